The Balaban J connectivity index is 1.79. The van der Waals surface area contributed by atoms with E-state index in [1.807, 2.05) is 29.2 Å². The lowest BCUT2D eigenvalue weighted by molar-refractivity contribution is -0.937. The van der Waals surface area contributed by atoms with E-state index in [9.17, 15) is 4.79 Å². The number of hydrogen-bond acceptors (Lipinski definition) is 1. The molecule has 0 aliphatic rings. The highest BCUT2D eigenvalue weighted by molar-refractivity contribution is 9.10. The van der Waals surface area contributed by atoms with Crippen molar-refractivity contribution in [2.24, 2.45) is 0 Å². The molecular formula is C32H42BrN2O+. The first kappa shape index (κ1) is 28.1. The average molecular weight is 551 g/mol. The fourth-order valence-electron chi connectivity index (χ4n) is 5.42. The van der Waals surface area contributed by atoms with Crippen molar-refractivity contribution in [1.82, 2.24) is 4.90 Å². The van der Waals surface area contributed by atoms with Crippen LogP contribution in [0.15, 0.2) is 65.1 Å². The molecule has 3 nitrogen and oxygen atoms in total. The molecule has 0 fully saturated rings. The molecule has 3 aromatic rings. The van der Waals surface area contributed by atoms with Crippen molar-refractivity contribution >= 4 is 21.8 Å². The van der Waals surface area contributed by atoms with Crippen LogP contribution in [0.4, 0.5) is 0 Å². The van der Waals surface area contributed by atoms with Gasteiger partial charge in [-0.3, -0.25) is 4.79 Å². The Kier molecular flexibility index (Phi) is 9.92. The summed E-state index contributed by atoms with van der Waals surface area (Å²) < 4.78 is 1.96. The Labute approximate surface area is 226 Å². The summed E-state index contributed by atoms with van der Waals surface area (Å²) in [5.74, 6) is 0.0934. The van der Waals surface area contributed by atoms with Gasteiger partial charge in [0.05, 0.1) is 19.6 Å². The van der Waals surface area contributed by atoms with Gasteiger partial charge in [0.1, 0.15) is 6.54 Å². The summed E-state index contributed by atoms with van der Waals surface area (Å²) in [6.07, 6.45) is 0.969. The van der Waals surface area contributed by atoms with Gasteiger partial charge >= 0.3 is 0 Å². The molecule has 0 N–H and O–H groups in total. The standard InChI is InChI=1S/C32H42BrN2O/c1-7-35(8-2,23-29-19-26(5)16-27(6)20-29)14-10-13-34(22-28-17-24(3)15-25(4)18-28)32(36)30-11-9-12-31(33)21-30/h9,11-12,15-21H,7-8,10,13-14,22-23H2,1-6H3/q+1. The van der Waals surface area contributed by atoms with E-state index in [4.69, 9.17) is 0 Å². The number of benzene rings is 3. The molecule has 0 aromatic heterocycles. The Morgan fingerprint density at radius 2 is 1.36 bits per heavy atom. The zero-order valence-electron chi connectivity index (χ0n) is 22.9. The van der Waals surface area contributed by atoms with Crippen LogP contribution in [0.5, 0.6) is 0 Å². The largest absolute Gasteiger partial charge is 0.334 e. The van der Waals surface area contributed by atoms with E-state index in [2.05, 4.69) is 93.9 Å². The normalized spacial score (nSPS) is 11.5. The Bertz CT molecular complexity index is 1140. The van der Waals surface area contributed by atoms with E-state index in [-0.39, 0.29) is 5.91 Å². The van der Waals surface area contributed by atoms with Crippen molar-refractivity contribution in [3.63, 3.8) is 0 Å². The molecule has 1 amide bonds. The van der Waals surface area contributed by atoms with Crippen molar-refractivity contribution in [3.05, 3.63) is 104 Å². The maximum absolute atomic E-state index is 13.6. The Hall–Kier alpha value is -2.43. The molecule has 0 heterocycles. The summed E-state index contributed by atoms with van der Waals surface area (Å²) in [5.41, 5.74) is 8.47. The van der Waals surface area contributed by atoms with Gasteiger partial charge in [-0.2, -0.15) is 0 Å². The number of hydrogen-bond donors (Lipinski definition) is 0. The van der Waals surface area contributed by atoms with Gasteiger partial charge in [-0.1, -0.05) is 80.6 Å². The van der Waals surface area contributed by atoms with E-state index < -0.39 is 0 Å². The third kappa shape index (κ3) is 7.78. The molecule has 0 bridgehead atoms. The number of quaternary nitrogens is 1. The molecule has 0 saturated carbocycles. The van der Waals surface area contributed by atoms with Crippen LogP contribution >= 0.6 is 15.9 Å². The third-order valence-electron chi connectivity index (χ3n) is 7.22. The van der Waals surface area contributed by atoms with Crippen LogP contribution in [0.2, 0.25) is 0 Å². The number of amides is 1. The molecule has 0 aliphatic heterocycles. The van der Waals surface area contributed by atoms with Gasteiger partial charge < -0.3 is 9.38 Å². The molecule has 0 atom stereocenters. The minimum atomic E-state index is 0.0934. The molecule has 192 valence electrons. The van der Waals surface area contributed by atoms with Crippen LogP contribution in [0, 0.1) is 27.7 Å². The Morgan fingerprint density at radius 1 is 0.806 bits per heavy atom. The van der Waals surface area contributed by atoms with Crippen LogP contribution in [0.3, 0.4) is 0 Å². The molecule has 0 unspecified atom stereocenters. The van der Waals surface area contributed by atoms with Gasteiger partial charge in [0.25, 0.3) is 5.91 Å². The van der Waals surface area contributed by atoms with Crippen molar-refractivity contribution in [2.75, 3.05) is 26.2 Å². The van der Waals surface area contributed by atoms with Crippen LogP contribution in [0.25, 0.3) is 0 Å². The quantitative estimate of drug-likeness (QED) is 0.223. The van der Waals surface area contributed by atoms with E-state index in [0.717, 1.165) is 53.7 Å². The van der Waals surface area contributed by atoms with Gasteiger partial charge in [-0.25, -0.2) is 0 Å². The van der Waals surface area contributed by atoms with E-state index >= 15 is 0 Å². The summed E-state index contributed by atoms with van der Waals surface area (Å²) >= 11 is 3.53. The zero-order chi connectivity index (χ0) is 26.3. The summed E-state index contributed by atoms with van der Waals surface area (Å²) in [4.78, 5) is 15.7. The van der Waals surface area contributed by atoms with Crippen molar-refractivity contribution < 1.29 is 9.28 Å². The van der Waals surface area contributed by atoms with Gasteiger partial charge in [-0.15, -0.1) is 0 Å². The Morgan fingerprint density at radius 3 is 1.89 bits per heavy atom. The summed E-state index contributed by atoms with van der Waals surface area (Å²) in [6.45, 7) is 18.8. The van der Waals surface area contributed by atoms with Crippen LogP contribution in [-0.2, 0) is 13.1 Å². The second kappa shape index (κ2) is 12.7. The predicted octanol–water partition coefficient (Wildman–Crippen LogP) is 7.77. The molecule has 4 heteroatoms. The number of rotatable bonds is 11. The van der Waals surface area contributed by atoms with Crippen LogP contribution in [0.1, 0.15) is 64.0 Å². The van der Waals surface area contributed by atoms with E-state index in [1.54, 1.807) is 0 Å². The van der Waals surface area contributed by atoms with Crippen molar-refractivity contribution in [3.8, 4) is 0 Å². The molecule has 0 radical (unpaired) electrons. The maximum Gasteiger partial charge on any atom is 0.254 e. The van der Waals surface area contributed by atoms with Gasteiger partial charge in [0.2, 0.25) is 0 Å². The predicted molar refractivity (Wildman–Crippen MR) is 155 cm³/mol. The fraction of sp³-hybridized carbons (Fsp3) is 0.406. The van der Waals surface area contributed by atoms with Crippen molar-refractivity contribution in [1.29, 1.82) is 0 Å². The molecule has 0 saturated heterocycles. The van der Waals surface area contributed by atoms with Gasteiger partial charge in [0.15, 0.2) is 0 Å². The summed E-state index contributed by atoms with van der Waals surface area (Å²) in [6, 6.07) is 21.2. The average Bonchev–Trinajstić information content (AvgIpc) is 2.81. The summed E-state index contributed by atoms with van der Waals surface area (Å²) in [7, 11) is 0. The highest BCUT2D eigenvalue weighted by Crippen LogP contribution is 2.21. The number of nitrogens with zero attached hydrogens (tertiary/aromatic N) is 2. The third-order valence-corrected chi connectivity index (χ3v) is 7.71. The molecule has 3 rings (SSSR count). The molecular weight excluding hydrogens is 508 g/mol. The minimum absolute atomic E-state index is 0.0934. The van der Waals surface area contributed by atoms with Gasteiger partial charge in [-0.05, 0) is 65.3 Å². The lowest BCUT2D eigenvalue weighted by Crippen LogP contribution is -2.48. The topological polar surface area (TPSA) is 20.3 Å². The highest BCUT2D eigenvalue weighted by Gasteiger charge is 2.25. The number of aryl methyl sites for hydroxylation is 4. The number of carbonyl (C=O) groups excluding carboxylic acids is 1. The first-order valence-electron chi connectivity index (χ1n) is 13.2. The molecule has 36 heavy (non-hydrogen) atoms. The summed E-state index contributed by atoms with van der Waals surface area (Å²) in [5, 5.41) is 0. The molecule has 0 spiro atoms. The van der Waals surface area contributed by atoms with Crippen LogP contribution < -0.4 is 0 Å². The molecule has 3 aromatic carbocycles. The highest BCUT2D eigenvalue weighted by atomic mass is 79.9. The lowest BCUT2D eigenvalue weighted by Gasteiger charge is -2.38. The first-order valence-corrected chi connectivity index (χ1v) is 14.0. The second-order valence-corrected chi connectivity index (χ2v) is 11.4. The monoisotopic (exact) mass is 549 g/mol. The van der Waals surface area contributed by atoms with Crippen LogP contribution in [-0.4, -0.2) is 41.5 Å². The molecule has 0 aliphatic carbocycles. The fourth-order valence-corrected chi connectivity index (χ4v) is 5.82. The van der Waals surface area contributed by atoms with Crippen molar-refractivity contribution in [2.45, 2.75) is 61.1 Å². The number of halogens is 1. The SMILES string of the molecule is CC[N+](CC)(CCCN(Cc1cc(C)cc(C)c1)C(=O)c1cccc(Br)c1)Cc1cc(C)cc(C)c1. The van der Waals surface area contributed by atoms with E-state index in [0.29, 0.717) is 6.54 Å². The zero-order valence-corrected chi connectivity index (χ0v) is 24.5. The smallest absolute Gasteiger partial charge is 0.254 e. The maximum atomic E-state index is 13.6. The first-order chi connectivity index (χ1) is 17.1. The van der Waals surface area contributed by atoms with E-state index in [1.165, 1.54) is 33.4 Å². The second-order valence-electron chi connectivity index (χ2n) is 10.4. The van der Waals surface area contributed by atoms with Gasteiger partial charge in [0, 0.05) is 35.1 Å². The minimum Gasteiger partial charge on any atom is -0.334 e. The number of carbonyl (C=O) groups is 1. The lowest BCUT2D eigenvalue weighted by atomic mass is 10.1.